The SMILES string of the molecule is O=C(NCc1cncc(-c2cccs2)c1)c1ccc2nc[nH]c2c1. The summed E-state index contributed by atoms with van der Waals surface area (Å²) in [6.07, 6.45) is 5.23. The maximum Gasteiger partial charge on any atom is 0.251 e. The first kappa shape index (κ1) is 14.6. The second kappa shape index (κ2) is 6.25. The number of carbonyl (C=O) groups excluding carboxylic acids is 1. The third kappa shape index (κ3) is 2.91. The van der Waals surface area contributed by atoms with Crippen LogP contribution in [0.15, 0.2) is 60.5 Å². The van der Waals surface area contributed by atoms with Gasteiger partial charge in [-0.1, -0.05) is 6.07 Å². The zero-order valence-electron chi connectivity index (χ0n) is 12.7. The second-order valence-electron chi connectivity index (χ2n) is 5.38. The molecule has 0 saturated heterocycles. The Kier molecular flexibility index (Phi) is 3.80. The highest BCUT2D eigenvalue weighted by molar-refractivity contribution is 7.13. The minimum atomic E-state index is -0.118. The quantitative estimate of drug-likeness (QED) is 0.599. The highest BCUT2D eigenvalue weighted by Crippen LogP contribution is 2.24. The molecule has 0 fully saturated rings. The minimum Gasteiger partial charge on any atom is -0.348 e. The van der Waals surface area contributed by atoms with E-state index in [1.807, 2.05) is 23.7 Å². The number of nitrogens with zero attached hydrogens (tertiary/aromatic N) is 2. The molecule has 0 aliphatic carbocycles. The number of benzene rings is 1. The lowest BCUT2D eigenvalue weighted by Crippen LogP contribution is -2.22. The highest BCUT2D eigenvalue weighted by atomic mass is 32.1. The topological polar surface area (TPSA) is 70.7 Å². The van der Waals surface area contributed by atoms with Gasteiger partial charge in [0.05, 0.1) is 17.4 Å². The molecule has 24 heavy (non-hydrogen) atoms. The molecular weight excluding hydrogens is 320 g/mol. The van der Waals surface area contributed by atoms with Gasteiger partial charge in [0.15, 0.2) is 0 Å². The maximum absolute atomic E-state index is 12.3. The van der Waals surface area contributed by atoms with E-state index >= 15 is 0 Å². The average Bonchev–Trinajstić information content (AvgIpc) is 3.30. The Morgan fingerprint density at radius 2 is 2.17 bits per heavy atom. The van der Waals surface area contributed by atoms with Gasteiger partial charge in [-0.15, -0.1) is 11.3 Å². The third-order valence-corrected chi connectivity index (χ3v) is 4.66. The van der Waals surface area contributed by atoms with Crippen LogP contribution < -0.4 is 5.32 Å². The molecule has 1 aromatic carbocycles. The van der Waals surface area contributed by atoms with Crippen molar-refractivity contribution in [2.75, 3.05) is 0 Å². The Morgan fingerprint density at radius 1 is 1.21 bits per heavy atom. The summed E-state index contributed by atoms with van der Waals surface area (Å²) in [6.45, 7) is 0.437. The first-order valence-electron chi connectivity index (χ1n) is 7.49. The average molecular weight is 334 g/mol. The van der Waals surface area contributed by atoms with Crippen LogP contribution in [0.5, 0.6) is 0 Å². The molecule has 0 spiro atoms. The summed E-state index contributed by atoms with van der Waals surface area (Å²) in [5.41, 5.74) is 4.34. The van der Waals surface area contributed by atoms with Crippen LogP contribution in [0.1, 0.15) is 15.9 Å². The monoisotopic (exact) mass is 334 g/mol. The number of amides is 1. The van der Waals surface area contributed by atoms with Crippen molar-refractivity contribution < 1.29 is 4.79 Å². The van der Waals surface area contributed by atoms with Gasteiger partial charge in [-0.2, -0.15) is 0 Å². The molecule has 0 bridgehead atoms. The molecule has 3 heterocycles. The summed E-state index contributed by atoms with van der Waals surface area (Å²) < 4.78 is 0. The molecule has 4 rings (SSSR count). The molecule has 1 amide bonds. The summed E-state index contributed by atoms with van der Waals surface area (Å²) in [7, 11) is 0. The van der Waals surface area contributed by atoms with E-state index in [2.05, 4.69) is 32.4 Å². The number of carbonyl (C=O) groups is 1. The van der Waals surface area contributed by atoms with E-state index in [1.54, 1.807) is 36.0 Å². The zero-order chi connectivity index (χ0) is 16.4. The Morgan fingerprint density at radius 3 is 3.04 bits per heavy atom. The predicted molar refractivity (Wildman–Crippen MR) is 94.8 cm³/mol. The normalized spacial score (nSPS) is 10.8. The number of hydrogen-bond donors (Lipinski definition) is 2. The van der Waals surface area contributed by atoms with Crippen molar-refractivity contribution in [3.8, 4) is 10.4 Å². The Balaban J connectivity index is 1.48. The lowest BCUT2D eigenvalue weighted by Gasteiger charge is -2.06. The van der Waals surface area contributed by atoms with Crippen LogP contribution in [-0.2, 0) is 6.54 Å². The van der Waals surface area contributed by atoms with Crippen molar-refractivity contribution in [2.24, 2.45) is 0 Å². The second-order valence-corrected chi connectivity index (χ2v) is 6.32. The molecule has 6 heteroatoms. The number of imidazole rings is 1. The number of fused-ring (bicyclic) bond motifs is 1. The van der Waals surface area contributed by atoms with Crippen molar-refractivity contribution in [2.45, 2.75) is 6.54 Å². The summed E-state index contributed by atoms with van der Waals surface area (Å²) >= 11 is 1.67. The van der Waals surface area contributed by atoms with E-state index in [1.165, 1.54) is 4.88 Å². The number of hydrogen-bond acceptors (Lipinski definition) is 4. The number of aromatic nitrogens is 3. The summed E-state index contributed by atoms with van der Waals surface area (Å²) in [4.78, 5) is 24.9. The van der Waals surface area contributed by atoms with Crippen LogP contribution in [0.3, 0.4) is 0 Å². The van der Waals surface area contributed by atoms with Gasteiger partial charge in [0, 0.05) is 34.9 Å². The standard InChI is InChI=1S/C18H14N4OS/c23-18(13-3-4-15-16(7-13)22-11-21-15)20-9-12-6-14(10-19-8-12)17-2-1-5-24-17/h1-8,10-11H,9H2,(H,20,23)(H,21,22). The fourth-order valence-corrected chi connectivity index (χ4v) is 3.23. The van der Waals surface area contributed by atoms with E-state index in [0.29, 0.717) is 12.1 Å². The van der Waals surface area contributed by atoms with E-state index in [0.717, 1.165) is 22.2 Å². The van der Waals surface area contributed by atoms with Crippen LogP contribution in [0.2, 0.25) is 0 Å². The number of H-pyrrole nitrogens is 1. The molecule has 5 nitrogen and oxygen atoms in total. The fraction of sp³-hybridized carbons (Fsp3) is 0.0556. The first-order chi connectivity index (χ1) is 11.8. The van der Waals surface area contributed by atoms with Crippen molar-refractivity contribution in [3.05, 3.63) is 71.6 Å². The minimum absolute atomic E-state index is 0.118. The van der Waals surface area contributed by atoms with Gasteiger partial charge >= 0.3 is 0 Å². The molecule has 3 aromatic heterocycles. The number of nitrogens with one attached hydrogen (secondary N) is 2. The Hall–Kier alpha value is -2.99. The van der Waals surface area contributed by atoms with Crippen LogP contribution in [-0.4, -0.2) is 20.9 Å². The van der Waals surface area contributed by atoms with Crippen molar-refractivity contribution in [1.82, 2.24) is 20.3 Å². The van der Waals surface area contributed by atoms with Crippen LogP contribution in [0.25, 0.3) is 21.5 Å². The molecule has 0 unspecified atom stereocenters. The van der Waals surface area contributed by atoms with E-state index in [9.17, 15) is 4.79 Å². The third-order valence-electron chi connectivity index (χ3n) is 3.74. The molecule has 2 N–H and O–H groups in total. The molecule has 118 valence electrons. The van der Waals surface area contributed by atoms with Gasteiger partial charge in [0.1, 0.15) is 0 Å². The summed E-state index contributed by atoms with van der Waals surface area (Å²) in [5, 5.41) is 4.97. The Labute approximate surface area is 142 Å². The van der Waals surface area contributed by atoms with Crippen LogP contribution in [0, 0.1) is 0 Å². The van der Waals surface area contributed by atoms with Crippen LogP contribution >= 0.6 is 11.3 Å². The Bertz CT molecular complexity index is 991. The number of thiophene rings is 1. The van der Waals surface area contributed by atoms with E-state index < -0.39 is 0 Å². The van der Waals surface area contributed by atoms with Crippen molar-refractivity contribution in [3.63, 3.8) is 0 Å². The summed E-state index contributed by atoms with van der Waals surface area (Å²) in [5.74, 6) is -0.118. The largest absolute Gasteiger partial charge is 0.348 e. The molecule has 0 radical (unpaired) electrons. The van der Waals surface area contributed by atoms with E-state index in [-0.39, 0.29) is 5.91 Å². The lowest BCUT2D eigenvalue weighted by molar-refractivity contribution is 0.0951. The van der Waals surface area contributed by atoms with Gasteiger partial charge < -0.3 is 10.3 Å². The van der Waals surface area contributed by atoms with Gasteiger partial charge in [-0.3, -0.25) is 9.78 Å². The van der Waals surface area contributed by atoms with Crippen molar-refractivity contribution in [1.29, 1.82) is 0 Å². The number of rotatable bonds is 4. The summed E-state index contributed by atoms with van der Waals surface area (Å²) in [6, 6.07) is 11.5. The smallest absolute Gasteiger partial charge is 0.251 e. The van der Waals surface area contributed by atoms with Gasteiger partial charge in [0.25, 0.3) is 5.91 Å². The molecule has 0 aliphatic heterocycles. The molecule has 0 atom stereocenters. The van der Waals surface area contributed by atoms with Gasteiger partial charge in [-0.05, 0) is 41.3 Å². The fourth-order valence-electron chi connectivity index (χ4n) is 2.52. The highest BCUT2D eigenvalue weighted by Gasteiger charge is 2.08. The molecule has 4 aromatic rings. The van der Waals surface area contributed by atoms with Gasteiger partial charge in [-0.25, -0.2) is 4.98 Å². The maximum atomic E-state index is 12.3. The molecule has 0 saturated carbocycles. The van der Waals surface area contributed by atoms with Gasteiger partial charge in [0.2, 0.25) is 0 Å². The van der Waals surface area contributed by atoms with E-state index in [4.69, 9.17) is 0 Å². The number of aromatic amines is 1. The molecule has 0 aliphatic rings. The molecular formula is C18H14N4OS. The van der Waals surface area contributed by atoms with Crippen molar-refractivity contribution >= 4 is 28.3 Å². The van der Waals surface area contributed by atoms with Crippen LogP contribution in [0.4, 0.5) is 0 Å². The zero-order valence-corrected chi connectivity index (χ0v) is 13.5. The first-order valence-corrected chi connectivity index (χ1v) is 8.37. The number of pyridine rings is 1. The lowest BCUT2D eigenvalue weighted by atomic mass is 10.1. The predicted octanol–water partition coefficient (Wildman–Crippen LogP) is 3.62.